The van der Waals surface area contributed by atoms with Crippen LogP contribution in [0.1, 0.15) is 49.4 Å². The van der Waals surface area contributed by atoms with Crippen LogP contribution in [-0.4, -0.2) is 87.5 Å². The Bertz CT molecular complexity index is 1320. The molecule has 0 spiro atoms. The number of carbonyl (C=O) groups is 3. The summed E-state index contributed by atoms with van der Waals surface area (Å²) in [7, 11) is 6.97. The third-order valence-electron chi connectivity index (χ3n) is 8.11. The number of likely N-dealkylation sites (N-methyl/N-ethyl adjacent to an activating group) is 1. The predicted octanol–water partition coefficient (Wildman–Crippen LogP) is 1.32. The van der Waals surface area contributed by atoms with Crippen LogP contribution in [0.5, 0.6) is 5.75 Å². The zero-order chi connectivity index (χ0) is 28.6. The molecule has 0 saturated heterocycles. The van der Waals surface area contributed by atoms with Crippen molar-refractivity contribution in [1.82, 2.24) is 9.80 Å². The maximum absolute atomic E-state index is 14.0. The summed E-state index contributed by atoms with van der Waals surface area (Å²) < 4.78 is 0. The number of phenols is 1. The van der Waals surface area contributed by atoms with Gasteiger partial charge >= 0.3 is 0 Å². The highest BCUT2D eigenvalue weighted by molar-refractivity contribution is 6.24. The molecule has 0 radical (unpaired) electrons. The van der Waals surface area contributed by atoms with Crippen molar-refractivity contribution in [3.8, 4) is 5.75 Å². The second-order valence-electron chi connectivity index (χ2n) is 12.2. The zero-order valence-electron chi connectivity index (χ0n) is 22.9. The van der Waals surface area contributed by atoms with Crippen LogP contribution in [0.25, 0.3) is 5.76 Å². The molecule has 3 aliphatic carbocycles. The number of fused-ring (bicyclic) bond motifs is 3. The number of nitrogens with zero attached hydrogens (tertiary/aromatic N) is 2. The van der Waals surface area contributed by atoms with Crippen molar-refractivity contribution < 1.29 is 34.8 Å². The molecule has 1 saturated carbocycles. The Hall–Kier alpha value is -3.21. The Morgan fingerprint density at radius 3 is 2.24 bits per heavy atom. The fourth-order valence-electron chi connectivity index (χ4n) is 6.44. The summed E-state index contributed by atoms with van der Waals surface area (Å²) in [6, 6.07) is 0.818. The Labute approximate surface area is 222 Å². The van der Waals surface area contributed by atoms with E-state index in [0.29, 0.717) is 17.7 Å². The number of hydrogen-bond donors (Lipinski definition) is 5. The molecule has 10 heteroatoms. The quantitative estimate of drug-likeness (QED) is 0.363. The molecule has 206 valence electrons. The fraction of sp³-hybridized carbons (Fsp3) is 0.536. The summed E-state index contributed by atoms with van der Waals surface area (Å²) in [6.07, 6.45) is 0.338. The van der Waals surface area contributed by atoms with Crippen molar-refractivity contribution in [2.24, 2.45) is 17.6 Å². The van der Waals surface area contributed by atoms with Gasteiger partial charge in [0, 0.05) is 23.6 Å². The molecule has 1 aromatic rings. The normalized spacial score (nSPS) is 27.6. The van der Waals surface area contributed by atoms with Crippen LogP contribution >= 0.6 is 0 Å². The number of amides is 1. The number of phenolic OH excluding ortho intramolecular Hbond substituents is 1. The van der Waals surface area contributed by atoms with E-state index in [9.17, 15) is 34.8 Å². The summed E-state index contributed by atoms with van der Waals surface area (Å²) in [5.74, 6) is -6.43. The van der Waals surface area contributed by atoms with Gasteiger partial charge < -0.3 is 31.1 Å². The molecule has 1 aromatic carbocycles. The maximum Gasteiger partial charge on any atom is 0.255 e. The number of aromatic hydroxyl groups is 1. The molecule has 1 fully saturated rings. The zero-order valence-corrected chi connectivity index (χ0v) is 22.9. The van der Waals surface area contributed by atoms with Crippen molar-refractivity contribution in [3.63, 3.8) is 0 Å². The van der Waals surface area contributed by atoms with Gasteiger partial charge in [-0.3, -0.25) is 19.3 Å². The van der Waals surface area contributed by atoms with Gasteiger partial charge in [0.05, 0.1) is 11.6 Å². The third-order valence-corrected chi connectivity index (χ3v) is 8.11. The van der Waals surface area contributed by atoms with E-state index in [2.05, 4.69) is 0 Å². The van der Waals surface area contributed by atoms with Crippen molar-refractivity contribution >= 4 is 23.2 Å². The number of nitrogens with two attached hydrogens (primary N) is 1. The first-order chi connectivity index (χ1) is 17.4. The minimum absolute atomic E-state index is 0.0644. The second-order valence-corrected chi connectivity index (χ2v) is 12.2. The standard InChI is InChI=1S/C28H37N3O7/c1-27(2,3)16-10-13(11-30(4)5)14-8-12-9-15-20(31(6)7)23(34)19(26(29)37)25(36)28(15,38)24(35)17(12)22(33)18(14)21(16)32/h10,12,15,20,32-33,36,38H,8-9,11H2,1-7H3,(H2,29,37)/t12-,15-,20-,28-/m0/s1. The van der Waals surface area contributed by atoms with Gasteiger partial charge in [0.1, 0.15) is 22.8 Å². The smallest absolute Gasteiger partial charge is 0.255 e. The Kier molecular flexibility index (Phi) is 6.54. The van der Waals surface area contributed by atoms with Gasteiger partial charge in [-0.05, 0) is 69.6 Å². The van der Waals surface area contributed by atoms with E-state index in [0.717, 1.165) is 5.56 Å². The van der Waals surface area contributed by atoms with Crippen LogP contribution in [0, 0.1) is 11.8 Å². The summed E-state index contributed by atoms with van der Waals surface area (Å²) in [4.78, 5) is 42.8. The molecule has 0 heterocycles. The lowest BCUT2D eigenvalue weighted by Crippen LogP contribution is -2.65. The van der Waals surface area contributed by atoms with Crippen LogP contribution in [0.2, 0.25) is 0 Å². The van der Waals surface area contributed by atoms with Crippen molar-refractivity contribution in [2.45, 2.75) is 57.2 Å². The van der Waals surface area contributed by atoms with Gasteiger partial charge in [-0.15, -0.1) is 0 Å². The first-order valence-electron chi connectivity index (χ1n) is 12.6. The molecule has 38 heavy (non-hydrogen) atoms. The predicted molar refractivity (Wildman–Crippen MR) is 140 cm³/mol. The molecule has 3 aliphatic rings. The number of aliphatic hydroxyl groups is 3. The number of benzene rings is 1. The fourth-order valence-corrected chi connectivity index (χ4v) is 6.44. The van der Waals surface area contributed by atoms with E-state index in [1.165, 1.54) is 4.90 Å². The van der Waals surface area contributed by atoms with Crippen molar-refractivity contribution in [3.05, 3.63) is 45.2 Å². The number of primary amides is 1. The molecule has 0 bridgehead atoms. The van der Waals surface area contributed by atoms with E-state index in [-0.39, 0.29) is 29.7 Å². The summed E-state index contributed by atoms with van der Waals surface area (Å²) >= 11 is 0. The van der Waals surface area contributed by atoms with E-state index < -0.39 is 63.5 Å². The van der Waals surface area contributed by atoms with Crippen molar-refractivity contribution in [1.29, 1.82) is 0 Å². The van der Waals surface area contributed by atoms with Gasteiger partial charge in [-0.1, -0.05) is 20.8 Å². The molecule has 4 rings (SSSR count). The Morgan fingerprint density at radius 2 is 1.74 bits per heavy atom. The monoisotopic (exact) mass is 527 g/mol. The lowest BCUT2D eigenvalue weighted by atomic mass is 9.57. The highest BCUT2D eigenvalue weighted by atomic mass is 16.3. The number of aliphatic hydroxyl groups excluding tert-OH is 2. The SMILES string of the molecule is CN(C)Cc1cc(C(C)(C)C)c(O)c2c1C[C@H]1C[C@H]3[C@H](N(C)C)C(=O)C(C(N)=O)=C(O)[C@@]3(O)C(=O)C1=C2O. The lowest BCUT2D eigenvalue weighted by Gasteiger charge is -2.50. The number of Topliss-reactive ketones (excluding diaryl/α,β-unsaturated/α-hetero) is 2. The second kappa shape index (κ2) is 8.93. The van der Waals surface area contributed by atoms with Gasteiger partial charge in [0.2, 0.25) is 5.78 Å². The number of carbonyl (C=O) groups excluding carboxylic acids is 3. The molecule has 0 aliphatic heterocycles. The van der Waals surface area contributed by atoms with Gasteiger partial charge in [0.15, 0.2) is 11.4 Å². The molecule has 6 N–H and O–H groups in total. The molecule has 0 unspecified atom stereocenters. The van der Waals surface area contributed by atoms with Crippen LogP contribution in [0.3, 0.4) is 0 Å². The first-order valence-corrected chi connectivity index (χ1v) is 12.6. The molecule has 1 amide bonds. The lowest BCUT2D eigenvalue weighted by molar-refractivity contribution is -0.153. The summed E-state index contributed by atoms with van der Waals surface area (Å²) in [6.45, 7) is 6.30. The summed E-state index contributed by atoms with van der Waals surface area (Å²) in [5.41, 5.74) is 3.58. The molecular formula is C28H37N3O7. The minimum atomic E-state index is -2.64. The molecular weight excluding hydrogens is 490 g/mol. The molecule has 0 aromatic heterocycles. The van der Waals surface area contributed by atoms with E-state index in [1.54, 1.807) is 14.1 Å². The first kappa shape index (κ1) is 27.8. The van der Waals surface area contributed by atoms with E-state index in [1.807, 2.05) is 45.8 Å². The average molecular weight is 528 g/mol. The highest BCUT2D eigenvalue weighted by Gasteiger charge is 2.64. The Balaban J connectivity index is 2.02. The number of rotatable bonds is 4. The van der Waals surface area contributed by atoms with Gasteiger partial charge in [0.25, 0.3) is 5.91 Å². The van der Waals surface area contributed by atoms with Crippen LogP contribution in [0.4, 0.5) is 0 Å². The largest absolute Gasteiger partial charge is 0.508 e. The minimum Gasteiger partial charge on any atom is -0.508 e. The molecule has 4 atom stereocenters. The molecule has 10 nitrogen and oxygen atoms in total. The van der Waals surface area contributed by atoms with Gasteiger partial charge in [-0.2, -0.15) is 0 Å². The third kappa shape index (κ3) is 3.85. The highest BCUT2D eigenvalue weighted by Crippen LogP contribution is 2.54. The van der Waals surface area contributed by atoms with Crippen molar-refractivity contribution in [2.75, 3.05) is 28.2 Å². The maximum atomic E-state index is 14.0. The topological polar surface area (TPSA) is 165 Å². The van der Waals surface area contributed by atoms with E-state index >= 15 is 0 Å². The van der Waals surface area contributed by atoms with Gasteiger partial charge in [-0.25, -0.2) is 0 Å². The van der Waals surface area contributed by atoms with Crippen LogP contribution in [-0.2, 0) is 32.8 Å². The number of hydrogen-bond acceptors (Lipinski definition) is 9. The van der Waals surface area contributed by atoms with Crippen LogP contribution in [0.15, 0.2) is 23.0 Å². The average Bonchev–Trinajstić information content (AvgIpc) is 2.76. The Morgan fingerprint density at radius 1 is 1.13 bits per heavy atom. The van der Waals surface area contributed by atoms with Crippen LogP contribution < -0.4 is 5.73 Å². The number of ketones is 2. The summed E-state index contributed by atoms with van der Waals surface area (Å²) in [5, 5.41) is 45.6. The van der Waals surface area contributed by atoms with E-state index in [4.69, 9.17) is 5.73 Å².